The summed E-state index contributed by atoms with van der Waals surface area (Å²) in [6.45, 7) is 5.08. The first kappa shape index (κ1) is 23.9. The van der Waals surface area contributed by atoms with Crippen LogP contribution in [0.25, 0.3) is 11.8 Å². The minimum Gasteiger partial charge on any atom is -0.489 e. The zero-order valence-electron chi connectivity index (χ0n) is 20.0. The Morgan fingerprint density at radius 1 is 1.00 bits per heavy atom. The van der Waals surface area contributed by atoms with Crippen LogP contribution in [-0.4, -0.2) is 33.3 Å². The fourth-order valence-electron chi connectivity index (χ4n) is 4.81. The van der Waals surface area contributed by atoms with Crippen LogP contribution in [0.15, 0.2) is 65.6 Å². The first-order chi connectivity index (χ1) is 16.8. The molecule has 1 N–H and O–H groups in total. The second-order valence-electron chi connectivity index (χ2n) is 9.93. The molecule has 5 rings (SSSR count). The molecule has 0 atom stereocenters. The maximum Gasteiger partial charge on any atom is 0.258 e. The van der Waals surface area contributed by atoms with Crippen LogP contribution in [0.2, 0.25) is 5.02 Å². The smallest absolute Gasteiger partial charge is 0.258 e. The molecular weight excluding hydrogens is 460 g/mol. The van der Waals surface area contributed by atoms with E-state index in [9.17, 15) is 9.90 Å². The van der Waals surface area contributed by atoms with Crippen LogP contribution in [0.1, 0.15) is 48.4 Å². The molecule has 3 aromatic rings. The molecule has 2 aliphatic rings. The lowest BCUT2D eigenvalue weighted by Crippen LogP contribution is -2.41. The van der Waals surface area contributed by atoms with Gasteiger partial charge < -0.3 is 9.84 Å². The molecule has 0 spiro atoms. The predicted molar refractivity (Wildman–Crippen MR) is 141 cm³/mol. The molecular formula is C29H31ClN2O3. The van der Waals surface area contributed by atoms with E-state index in [2.05, 4.69) is 29.2 Å². The molecule has 0 saturated carbocycles. The van der Waals surface area contributed by atoms with E-state index >= 15 is 0 Å². The summed E-state index contributed by atoms with van der Waals surface area (Å²) < 4.78 is 7.52. The van der Waals surface area contributed by atoms with Gasteiger partial charge in [0.05, 0.1) is 5.60 Å². The number of aryl methyl sites for hydroxylation is 1. The van der Waals surface area contributed by atoms with Gasteiger partial charge in [0.2, 0.25) is 0 Å². The Bertz CT molecular complexity index is 1280. The second kappa shape index (κ2) is 10.0. The highest BCUT2D eigenvalue weighted by Crippen LogP contribution is 2.28. The summed E-state index contributed by atoms with van der Waals surface area (Å²) in [5.74, 6) is 0.557. The van der Waals surface area contributed by atoms with Crippen molar-refractivity contribution < 1.29 is 9.84 Å². The van der Waals surface area contributed by atoms with Crippen LogP contribution in [0.4, 0.5) is 0 Å². The molecule has 2 heterocycles. The summed E-state index contributed by atoms with van der Waals surface area (Å²) in [4.78, 5) is 15.2. The Balaban J connectivity index is 1.25. The number of pyridine rings is 1. The van der Waals surface area contributed by atoms with Crippen molar-refractivity contribution in [2.75, 3.05) is 13.1 Å². The van der Waals surface area contributed by atoms with Gasteiger partial charge in [0.1, 0.15) is 12.4 Å². The topological polar surface area (TPSA) is 54.7 Å². The van der Waals surface area contributed by atoms with E-state index in [4.69, 9.17) is 16.3 Å². The van der Waals surface area contributed by atoms with Crippen molar-refractivity contribution in [3.8, 4) is 5.75 Å². The van der Waals surface area contributed by atoms with E-state index in [1.54, 1.807) is 16.8 Å². The van der Waals surface area contributed by atoms with Crippen LogP contribution < -0.4 is 10.3 Å². The molecule has 0 amide bonds. The lowest BCUT2D eigenvalue weighted by molar-refractivity contribution is -0.00730. The standard InChI is InChI=1S/C29H31ClN2O3/c1-29(34)11-14-31(15-12-29)19-22-2-5-24-17-26(9-6-23(24)16-22)32-13-10-27(18-28(32)33)35-20-21-3-7-25(30)8-4-21/h2-5,7-8,10,13,16-18,34H,6,9,11-12,14-15,19-20H2,1H3. The third-order valence-electron chi connectivity index (χ3n) is 7.04. The van der Waals surface area contributed by atoms with Gasteiger partial charge in [-0.3, -0.25) is 14.3 Å². The van der Waals surface area contributed by atoms with Crippen molar-refractivity contribution >= 4 is 23.4 Å². The number of halogens is 1. The molecule has 0 radical (unpaired) electrons. The van der Waals surface area contributed by atoms with Gasteiger partial charge in [0.15, 0.2) is 0 Å². The number of likely N-dealkylation sites (tertiary alicyclic amines) is 1. The molecule has 6 heteroatoms. The molecule has 1 fully saturated rings. The molecule has 1 aromatic heterocycles. The van der Waals surface area contributed by atoms with Crippen LogP contribution in [0, 0.1) is 0 Å². The number of allylic oxidation sites excluding steroid dienone is 1. The molecule has 1 saturated heterocycles. The average Bonchev–Trinajstić information content (AvgIpc) is 2.85. The number of hydrogen-bond acceptors (Lipinski definition) is 4. The van der Waals surface area contributed by atoms with E-state index in [1.807, 2.05) is 37.3 Å². The minimum absolute atomic E-state index is 0.0918. The molecule has 35 heavy (non-hydrogen) atoms. The first-order valence-corrected chi connectivity index (χ1v) is 12.6. The van der Waals surface area contributed by atoms with Crippen LogP contribution in [0.5, 0.6) is 5.75 Å². The Hall–Kier alpha value is -2.86. The maximum absolute atomic E-state index is 12.8. The lowest BCUT2D eigenvalue weighted by atomic mass is 9.92. The zero-order chi connectivity index (χ0) is 24.4. The first-order valence-electron chi connectivity index (χ1n) is 12.2. The van der Waals surface area contributed by atoms with E-state index in [0.29, 0.717) is 17.4 Å². The number of benzene rings is 2. The fraction of sp³-hybridized carbons (Fsp3) is 0.345. The SMILES string of the molecule is CC1(O)CCN(Cc2ccc3c(c2)CCC(n2ccc(OCc4ccc(Cl)cc4)cc2=O)=C3)CC1. The predicted octanol–water partition coefficient (Wildman–Crippen LogP) is 5.37. The largest absolute Gasteiger partial charge is 0.489 e. The Morgan fingerprint density at radius 3 is 2.49 bits per heavy atom. The number of piperidine rings is 1. The van der Waals surface area contributed by atoms with Crippen LogP contribution >= 0.6 is 11.6 Å². The summed E-state index contributed by atoms with van der Waals surface area (Å²) in [6, 6.07) is 17.5. The monoisotopic (exact) mass is 490 g/mol. The molecule has 1 aliphatic heterocycles. The summed E-state index contributed by atoms with van der Waals surface area (Å²) >= 11 is 5.93. The van der Waals surface area contributed by atoms with Crippen LogP contribution in [-0.2, 0) is 19.6 Å². The number of aromatic nitrogens is 1. The van der Waals surface area contributed by atoms with Gasteiger partial charge in [-0.15, -0.1) is 0 Å². The molecule has 182 valence electrons. The number of nitrogens with zero attached hydrogens (tertiary/aromatic N) is 2. The maximum atomic E-state index is 12.8. The molecule has 0 unspecified atom stereocenters. The third-order valence-corrected chi connectivity index (χ3v) is 7.29. The fourth-order valence-corrected chi connectivity index (χ4v) is 4.93. The van der Waals surface area contributed by atoms with Crippen LogP contribution in [0.3, 0.4) is 0 Å². The molecule has 5 nitrogen and oxygen atoms in total. The van der Waals surface area contributed by atoms with Gasteiger partial charge in [0.25, 0.3) is 5.56 Å². The highest BCUT2D eigenvalue weighted by molar-refractivity contribution is 6.30. The van der Waals surface area contributed by atoms with Gasteiger partial charge in [-0.05, 0) is 79.1 Å². The van der Waals surface area contributed by atoms with Crippen molar-refractivity contribution in [1.29, 1.82) is 0 Å². The normalized spacial score (nSPS) is 17.5. The number of hydrogen-bond donors (Lipinski definition) is 1. The Kier molecular flexibility index (Phi) is 6.83. The second-order valence-corrected chi connectivity index (χ2v) is 10.4. The Labute approximate surface area is 211 Å². The summed E-state index contributed by atoms with van der Waals surface area (Å²) in [5, 5.41) is 10.9. The van der Waals surface area contributed by atoms with Crippen molar-refractivity contribution in [3.63, 3.8) is 0 Å². The van der Waals surface area contributed by atoms with Gasteiger partial charge in [0, 0.05) is 42.6 Å². The van der Waals surface area contributed by atoms with Gasteiger partial charge in [-0.2, -0.15) is 0 Å². The minimum atomic E-state index is -0.521. The molecule has 1 aliphatic carbocycles. The quantitative estimate of drug-likeness (QED) is 0.504. The van der Waals surface area contributed by atoms with Gasteiger partial charge in [-0.1, -0.05) is 41.9 Å². The van der Waals surface area contributed by atoms with Crippen molar-refractivity contribution in [1.82, 2.24) is 9.47 Å². The molecule has 2 aromatic carbocycles. The van der Waals surface area contributed by atoms with Crippen molar-refractivity contribution in [3.05, 3.63) is 98.4 Å². The van der Waals surface area contributed by atoms with Gasteiger partial charge >= 0.3 is 0 Å². The van der Waals surface area contributed by atoms with E-state index in [0.717, 1.165) is 56.6 Å². The highest BCUT2D eigenvalue weighted by Gasteiger charge is 2.27. The number of ether oxygens (including phenoxy) is 1. The van der Waals surface area contributed by atoms with Crippen molar-refractivity contribution in [2.24, 2.45) is 0 Å². The summed E-state index contributed by atoms with van der Waals surface area (Å²) in [6.07, 6.45) is 7.29. The summed E-state index contributed by atoms with van der Waals surface area (Å²) in [5.41, 5.74) is 5.19. The number of rotatable bonds is 6. The third kappa shape index (κ3) is 5.87. The Morgan fingerprint density at radius 2 is 1.74 bits per heavy atom. The zero-order valence-corrected chi connectivity index (χ0v) is 20.8. The number of aliphatic hydroxyl groups is 1. The van der Waals surface area contributed by atoms with E-state index in [1.165, 1.54) is 16.7 Å². The highest BCUT2D eigenvalue weighted by atomic mass is 35.5. The van der Waals surface area contributed by atoms with E-state index in [-0.39, 0.29) is 5.56 Å². The van der Waals surface area contributed by atoms with E-state index < -0.39 is 5.60 Å². The summed E-state index contributed by atoms with van der Waals surface area (Å²) in [7, 11) is 0. The molecule has 0 bridgehead atoms. The number of fused-ring (bicyclic) bond motifs is 1. The van der Waals surface area contributed by atoms with Gasteiger partial charge in [-0.25, -0.2) is 0 Å². The average molecular weight is 491 g/mol. The van der Waals surface area contributed by atoms with Crippen molar-refractivity contribution in [2.45, 2.75) is 51.4 Å². The lowest BCUT2D eigenvalue weighted by Gasteiger charge is -2.35.